The van der Waals surface area contributed by atoms with Gasteiger partial charge < -0.3 is 10.6 Å². The molecule has 1 aliphatic rings. The standard InChI is InChI=1S/C18H34N4O2/c1-5-6-7-11-18(2,3)14-21-17(19-4)20-12-13-22-15(23)9-8-10-16(22)24/h5-14H2,1-4H3,(H2,19,20,21). The van der Waals surface area contributed by atoms with Crippen LogP contribution in [0.25, 0.3) is 0 Å². The van der Waals surface area contributed by atoms with Crippen molar-refractivity contribution in [3.8, 4) is 0 Å². The summed E-state index contributed by atoms with van der Waals surface area (Å²) in [6, 6.07) is 0. The Kier molecular flexibility index (Phi) is 8.79. The molecule has 0 aliphatic carbocycles. The number of carbonyl (C=O) groups excluding carboxylic acids is 2. The maximum Gasteiger partial charge on any atom is 0.229 e. The number of hydrogen-bond donors (Lipinski definition) is 2. The summed E-state index contributed by atoms with van der Waals surface area (Å²) in [6.07, 6.45) is 6.57. The molecule has 0 radical (unpaired) electrons. The molecular formula is C18H34N4O2. The molecule has 1 fully saturated rings. The molecule has 0 aromatic carbocycles. The average molecular weight is 338 g/mol. The zero-order chi connectivity index (χ0) is 18.0. The molecule has 6 heteroatoms. The van der Waals surface area contributed by atoms with Crippen LogP contribution < -0.4 is 10.6 Å². The number of nitrogens with one attached hydrogen (secondary N) is 2. The minimum absolute atomic E-state index is 0.0620. The van der Waals surface area contributed by atoms with Gasteiger partial charge in [-0.05, 0) is 18.3 Å². The Balaban J connectivity index is 2.32. The number of aliphatic imine (C=N–C) groups is 1. The molecule has 2 amide bonds. The number of carbonyl (C=O) groups is 2. The SMILES string of the molecule is CCCCCC(C)(C)CNC(=NC)NCCN1C(=O)CCCC1=O. The normalized spacial score (nSPS) is 16.5. The highest BCUT2D eigenvalue weighted by Crippen LogP contribution is 2.22. The van der Waals surface area contributed by atoms with Crippen LogP contribution >= 0.6 is 0 Å². The van der Waals surface area contributed by atoms with Gasteiger partial charge in [-0.15, -0.1) is 0 Å². The van der Waals surface area contributed by atoms with E-state index >= 15 is 0 Å². The maximum absolute atomic E-state index is 11.8. The molecule has 6 nitrogen and oxygen atoms in total. The van der Waals surface area contributed by atoms with Crippen molar-refractivity contribution in [2.24, 2.45) is 10.4 Å². The van der Waals surface area contributed by atoms with E-state index in [9.17, 15) is 9.59 Å². The molecule has 0 aromatic rings. The van der Waals surface area contributed by atoms with Crippen molar-refractivity contribution in [1.29, 1.82) is 0 Å². The van der Waals surface area contributed by atoms with Crippen LogP contribution in [0.1, 0.15) is 65.7 Å². The van der Waals surface area contributed by atoms with Gasteiger partial charge in [0.05, 0.1) is 0 Å². The topological polar surface area (TPSA) is 73.8 Å². The summed E-state index contributed by atoms with van der Waals surface area (Å²) >= 11 is 0. The number of nitrogens with zero attached hydrogens (tertiary/aromatic N) is 2. The monoisotopic (exact) mass is 338 g/mol. The number of imide groups is 1. The van der Waals surface area contributed by atoms with E-state index in [-0.39, 0.29) is 17.2 Å². The summed E-state index contributed by atoms with van der Waals surface area (Å²) in [5.41, 5.74) is 0.214. The molecule has 0 saturated carbocycles. The largest absolute Gasteiger partial charge is 0.356 e. The fourth-order valence-corrected chi connectivity index (χ4v) is 2.82. The van der Waals surface area contributed by atoms with E-state index in [1.807, 2.05) is 0 Å². The van der Waals surface area contributed by atoms with E-state index < -0.39 is 0 Å². The van der Waals surface area contributed by atoms with Crippen LogP contribution in [-0.2, 0) is 9.59 Å². The Morgan fingerprint density at radius 2 is 1.83 bits per heavy atom. The number of guanidine groups is 1. The Labute approximate surface area is 146 Å². The molecule has 138 valence electrons. The predicted molar refractivity (Wildman–Crippen MR) is 97.9 cm³/mol. The van der Waals surface area contributed by atoms with Crippen LogP contribution in [0.4, 0.5) is 0 Å². The fraction of sp³-hybridized carbons (Fsp3) is 0.833. The summed E-state index contributed by atoms with van der Waals surface area (Å²) < 4.78 is 0. The van der Waals surface area contributed by atoms with Crippen molar-refractivity contribution in [2.45, 2.75) is 65.7 Å². The highest BCUT2D eigenvalue weighted by atomic mass is 16.2. The third kappa shape index (κ3) is 7.32. The minimum Gasteiger partial charge on any atom is -0.356 e. The van der Waals surface area contributed by atoms with Crippen LogP contribution in [0.3, 0.4) is 0 Å². The highest BCUT2D eigenvalue weighted by Gasteiger charge is 2.25. The average Bonchev–Trinajstić information content (AvgIpc) is 2.53. The van der Waals surface area contributed by atoms with Crippen LogP contribution in [0, 0.1) is 5.41 Å². The van der Waals surface area contributed by atoms with Crippen molar-refractivity contribution in [3.05, 3.63) is 0 Å². The van der Waals surface area contributed by atoms with Crippen molar-refractivity contribution >= 4 is 17.8 Å². The summed E-state index contributed by atoms with van der Waals surface area (Å²) in [6.45, 7) is 8.50. The lowest BCUT2D eigenvalue weighted by Gasteiger charge is -2.27. The Bertz CT molecular complexity index is 430. The van der Waals surface area contributed by atoms with Crippen molar-refractivity contribution in [3.63, 3.8) is 0 Å². The second kappa shape index (κ2) is 10.3. The second-order valence-corrected chi connectivity index (χ2v) is 7.27. The van der Waals surface area contributed by atoms with Crippen molar-refractivity contribution in [2.75, 3.05) is 26.7 Å². The van der Waals surface area contributed by atoms with Gasteiger partial charge in [-0.1, -0.05) is 40.0 Å². The summed E-state index contributed by atoms with van der Waals surface area (Å²) in [5, 5.41) is 6.54. The van der Waals surface area contributed by atoms with Gasteiger partial charge in [0.15, 0.2) is 5.96 Å². The van der Waals surface area contributed by atoms with E-state index in [0.29, 0.717) is 32.4 Å². The maximum atomic E-state index is 11.8. The van der Waals surface area contributed by atoms with E-state index in [0.717, 1.165) is 12.5 Å². The number of likely N-dealkylation sites (tertiary alicyclic amines) is 1. The van der Waals surface area contributed by atoms with E-state index in [1.165, 1.54) is 30.6 Å². The highest BCUT2D eigenvalue weighted by molar-refractivity contribution is 5.97. The lowest BCUT2D eigenvalue weighted by atomic mass is 9.87. The summed E-state index contributed by atoms with van der Waals surface area (Å²) in [4.78, 5) is 29.1. The second-order valence-electron chi connectivity index (χ2n) is 7.27. The molecule has 0 atom stereocenters. The number of piperidine rings is 1. The zero-order valence-corrected chi connectivity index (χ0v) is 15.8. The smallest absolute Gasteiger partial charge is 0.229 e. The van der Waals surface area contributed by atoms with Gasteiger partial charge in [0.1, 0.15) is 0 Å². The van der Waals surface area contributed by atoms with E-state index in [4.69, 9.17) is 0 Å². The molecule has 1 aliphatic heterocycles. The number of amides is 2. The van der Waals surface area contributed by atoms with Crippen LogP contribution in [0.2, 0.25) is 0 Å². The van der Waals surface area contributed by atoms with E-state index in [1.54, 1.807) is 7.05 Å². The molecule has 1 saturated heterocycles. The zero-order valence-electron chi connectivity index (χ0n) is 15.8. The van der Waals surface area contributed by atoms with Crippen molar-refractivity contribution in [1.82, 2.24) is 15.5 Å². The molecule has 1 heterocycles. The van der Waals surface area contributed by atoms with Crippen molar-refractivity contribution < 1.29 is 9.59 Å². The van der Waals surface area contributed by atoms with E-state index in [2.05, 4.69) is 36.4 Å². The third-order valence-corrected chi connectivity index (χ3v) is 4.43. The van der Waals surface area contributed by atoms with Gasteiger partial charge in [-0.3, -0.25) is 19.5 Å². The lowest BCUT2D eigenvalue weighted by Crippen LogP contribution is -2.47. The first-order chi connectivity index (χ1) is 11.4. The Hall–Kier alpha value is -1.59. The molecular weight excluding hydrogens is 304 g/mol. The predicted octanol–water partition coefficient (Wildman–Crippen LogP) is 2.30. The first kappa shape index (κ1) is 20.5. The quantitative estimate of drug-likeness (QED) is 0.293. The molecule has 0 aromatic heterocycles. The first-order valence-corrected chi connectivity index (χ1v) is 9.17. The lowest BCUT2D eigenvalue weighted by molar-refractivity contribution is -0.147. The Morgan fingerprint density at radius 1 is 1.17 bits per heavy atom. The van der Waals surface area contributed by atoms with Gasteiger partial charge >= 0.3 is 0 Å². The third-order valence-electron chi connectivity index (χ3n) is 4.43. The Morgan fingerprint density at radius 3 is 2.42 bits per heavy atom. The number of rotatable bonds is 9. The first-order valence-electron chi connectivity index (χ1n) is 9.17. The number of unbranched alkanes of at least 4 members (excludes halogenated alkanes) is 2. The molecule has 2 N–H and O–H groups in total. The van der Waals surface area contributed by atoms with Crippen LogP contribution in [-0.4, -0.2) is 49.4 Å². The summed E-state index contributed by atoms with van der Waals surface area (Å²) in [7, 11) is 1.73. The molecule has 0 spiro atoms. The van der Waals surface area contributed by atoms with Gasteiger partial charge in [0.25, 0.3) is 0 Å². The van der Waals surface area contributed by atoms with Gasteiger partial charge in [-0.2, -0.15) is 0 Å². The van der Waals surface area contributed by atoms with Gasteiger partial charge in [-0.25, -0.2) is 0 Å². The molecule has 1 rings (SSSR count). The van der Waals surface area contributed by atoms with Crippen LogP contribution in [0.15, 0.2) is 4.99 Å². The van der Waals surface area contributed by atoms with Gasteiger partial charge in [0, 0.05) is 39.5 Å². The summed E-state index contributed by atoms with van der Waals surface area (Å²) in [5.74, 6) is 0.594. The molecule has 24 heavy (non-hydrogen) atoms. The van der Waals surface area contributed by atoms with Crippen LogP contribution in [0.5, 0.6) is 0 Å². The fourth-order valence-electron chi connectivity index (χ4n) is 2.82. The molecule has 0 unspecified atom stereocenters. The van der Waals surface area contributed by atoms with Gasteiger partial charge in [0.2, 0.25) is 11.8 Å². The molecule has 0 bridgehead atoms. The minimum atomic E-state index is -0.0620. The number of hydrogen-bond acceptors (Lipinski definition) is 3.